The molecular weight excluding hydrogens is 338 g/mol. The minimum absolute atomic E-state index is 0.124. The number of aliphatic hydroxyl groups is 1. The molecule has 144 valence electrons. The van der Waals surface area contributed by atoms with Crippen molar-refractivity contribution in [1.82, 2.24) is 4.90 Å². The number of carbonyl (C=O) groups is 1. The number of ketones is 1. The van der Waals surface area contributed by atoms with Crippen LogP contribution in [0.15, 0.2) is 54.6 Å². The summed E-state index contributed by atoms with van der Waals surface area (Å²) in [7, 11) is 1.62. The van der Waals surface area contributed by atoms with Crippen molar-refractivity contribution in [3.8, 4) is 5.75 Å². The molecule has 3 rings (SSSR count). The third-order valence-corrected chi connectivity index (χ3v) is 5.55. The van der Waals surface area contributed by atoms with E-state index in [-0.39, 0.29) is 18.3 Å². The molecule has 0 saturated carbocycles. The number of ether oxygens (including phenoxy) is 1. The highest BCUT2D eigenvalue weighted by Crippen LogP contribution is 2.28. The molecule has 1 heterocycles. The van der Waals surface area contributed by atoms with Crippen LogP contribution in [0.25, 0.3) is 0 Å². The number of nitrogens with zero attached hydrogens (tertiary/aromatic N) is 1. The summed E-state index contributed by atoms with van der Waals surface area (Å²) >= 11 is 0. The van der Waals surface area contributed by atoms with Crippen molar-refractivity contribution in [3.05, 3.63) is 65.7 Å². The zero-order valence-electron chi connectivity index (χ0n) is 16.0. The Morgan fingerprint density at radius 1 is 1.07 bits per heavy atom. The lowest BCUT2D eigenvalue weighted by Gasteiger charge is -2.16. The van der Waals surface area contributed by atoms with Crippen LogP contribution in [-0.2, 0) is 6.42 Å². The minimum atomic E-state index is 0.124. The van der Waals surface area contributed by atoms with Gasteiger partial charge < -0.3 is 9.84 Å². The number of likely N-dealkylation sites (tertiary alicyclic amines) is 1. The van der Waals surface area contributed by atoms with Crippen molar-refractivity contribution in [2.45, 2.75) is 19.3 Å². The van der Waals surface area contributed by atoms with Gasteiger partial charge in [-0.2, -0.15) is 0 Å². The summed E-state index contributed by atoms with van der Waals surface area (Å²) in [4.78, 5) is 14.8. The van der Waals surface area contributed by atoms with Crippen molar-refractivity contribution < 1.29 is 14.6 Å². The molecule has 1 aliphatic heterocycles. The lowest BCUT2D eigenvalue weighted by molar-refractivity contribution is 0.0940. The monoisotopic (exact) mass is 367 g/mol. The van der Waals surface area contributed by atoms with Gasteiger partial charge >= 0.3 is 0 Å². The van der Waals surface area contributed by atoms with Gasteiger partial charge in [-0.3, -0.25) is 9.69 Å². The predicted octanol–water partition coefficient (Wildman–Crippen LogP) is 3.44. The van der Waals surface area contributed by atoms with E-state index < -0.39 is 0 Å². The van der Waals surface area contributed by atoms with Crippen molar-refractivity contribution in [1.29, 1.82) is 0 Å². The van der Waals surface area contributed by atoms with Gasteiger partial charge in [-0.15, -0.1) is 0 Å². The average Bonchev–Trinajstić information content (AvgIpc) is 3.10. The predicted molar refractivity (Wildman–Crippen MR) is 107 cm³/mol. The Bertz CT molecular complexity index is 714. The van der Waals surface area contributed by atoms with Gasteiger partial charge in [0.25, 0.3) is 0 Å². The van der Waals surface area contributed by atoms with E-state index in [0.29, 0.717) is 18.0 Å². The smallest absolute Gasteiger partial charge is 0.176 e. The van der Waals surface area contributed by atoms with Crippen LogP contribution >= 0.6 is 0 Å². The molecule has 0 amide bonds. The highest BCUT2D eigenvalue weighted by molar-refractivity contribution is 5.97. The van der Waals surface area contributed by atoms with E-state index in [0.717, 1.165) is 38.1 Å². The number of Topliss-reactive ketones (excluding diaryl/α,β-unsaturated/α-hetero) is 1. The largest absolute Gasteiger partial charge is 0.497 e. The number of benzene rings is 2. The molecule has 1 aliphatic rings. The third-order valence-electron chi connectivity index (χ3n) is 5.55. The Morgan fingerprint density at radius 3 is 2.44 bits per heavy atom. The number of methoxy groups -OCH3 is 1. The van der Waals surface area contributed by atoms with E-state index in [9.17, 15) is 9.90 Å². The summed E-state index contributed by atoms with van der Waals surface area (Å²) < 4.78 is 5.14. The zero-order valence-corrected chi connectivity index (χ0v) is 16.0. The highest BCUT2D eigenvalue weighted by atomic mass is 16.5. The molecule has 4 heteroatoms. The maximum atomic E-state index is 12.6. The van der Waals surface area contributed by atoms with Gasteiger partial charge in [-0.05, 0) is 60.9 Å². The normalized spacial score (nSPS) is 19.9. The van der Waals surface area contributed by atoms with Gasteiger partial charge in [0, 0.05) is 25.3 Å². The van der Waals surface area contributed by atoms with Gasteiger partial charge in [0.05, 0.1) is 13.7 Å². The first kappa shape index (κ1) is 19.6. The quantitative estimate of drug-likeness (QED) is 0.690. The summed E-state index contributed by atoms with van der Waals surface area (Å²) in [5.74, 6) is 1.61. The first-order chi connectivity index (χ1) is 13.2. The molecule has 0 aromatic heterocycles. The van der Waals surface area contributed by atoms with Crippen LogP contribution in [0.3, 0.4) is 0 Å². The van der Waals surface area contributed by atoms with Crippen LogP contribution in [0.2, 0.25) is 0 Å². The maximum Gasteiger partial charge on any atom is 0.176 e. The molecule has 0 radical (unpaired) electrons. The zero-order chi connectivity index (χ0) is 19.1. The molecular formula is C23H29NO3. The molecule has 1 saturated heterocycles. The van der Waals surface area contributed by atoms with Crippen LogP contribution in [0.5, 0.6) is 5.75 Å². The highest BCUT2D eigenvalue weighted by Gasteiger charge is 2.32. The Hall–Kier alpha value is -2.17. The van der Waals surface area contributed by atoms with Gasteiger partial charge in [0.1, 0.15) is 5.75 Å². The molecule has 4 nitrogen and oxygen atoms in total. The van der Waals surface area contributed by atoms with Crippen LogP contribution in [0, 0.1) is 11.8 Å². The molecule has 0 aliphatic carbocycles. The lowest BCUT2D eigenvalue weighted by atomic mass is 9.91. The minimum Gasteiger partial charge on any atom is -0.497 e. The van der Waals surface area contributed by atoms with Crippen molar-refractivity contribution in [2.75, 3.05) is 33.4 Å². The standard InChI is InChI=1S/C23H29NO3/c1-27-22-12-10-19(11-13-22)23(26)16-24-14-20(21(15-24)17-25)9-5-8-18-6-3-2-4-7-18/h2-4,6-7,10-13,20-21,25H,5,8-9,14-17H2,1H3/t20-,21-/m1/s1. The Kier molecular flexibility index (Phi) is 7.02. The van der Waals surface area contributed by atoms with Crippen molar-refractivity contribution >= 4 is 5.78 Å². The number of aliphatic hydroxyl groups excluding tert-OH is 1. The molecule has 0 unspecified atom stereocenters. The van der Waals surface area contributed by atoms with Crippen molar-refractivity contribution in [2.24, 2.45) is 11.8 Å². The number of hydrogen-bond donors (Lipinski definition) is 1. The fraction of sp³-hybridized carbons (Fsp3) is 0.435. The van der Waals surface area contributed by atoms with Crippen molar-refractivity contribution in [3.63, 3.8) is 0 Å². The molecule has 0 bridgehead atoms. The second-order valence-electron chi connectivity index (χ2n) is 7.43. The number of rotatable bonds is 9. The van der Waals surface area contributed by atoms with E-state index >= 15 is 0 Å². The Balaban J connectivity index is 1.49. The van der Waals surface area contributed by atoms with E-state index in [1.54, 1.807) is 7.11 Å². The van der Waals surface area contributed by atoms with Gasteiger partial charge in [0.15, 0.2) is 5.78 Å². The number of aryl methyl sites for hydroxylation is 1. The van der Waals surface area contributed by atoms with Crippen LogP contribution in [0.1, 0.15) is 28.8 Å². The summed E-state index contributed by atoms with van der Waals surface area (Å²) in [5.41, 5.74) is 2.08. The summed E-state index contributed by atoms with van der Waals surface area (Å²) in [6.45, 7) is 2.30. The molecule has 0 spiro atoms. The fourth-order valence-corrected chi connectivity index (χ4v) is 3.98. The summed E-state index contributed by atoms with van der Waals surface area (Å²) in [6.07, 6.45) is 3.28. The molecule has 2 atom stereocenters. The van der Waals surface area contributed by atoms with E-state index in [2.05, 4.69) is 29.2 Å². The Labute approximate surface area is 161 Å². The average molecular weight is 367 g/mol. The second-order valence-corrected chi connectivity index (χ2v) is 7.43. The fourth-order valence-electron chi connectivity index (χ4n) is 3.98. The first-order valence-corrected chi connectivity index (χ1v) is 9.74. The summed E-state index contributed by atoms with van der Waals surface area (Å²) in [5, 5.41) is 9.75. The third kappa shape index (κ3) is 5.41. The molecule has 27 heavy (non-hydrogen) atoms. The van der Waals surface area contributed by atoms with Crippen LogP contribution < -0.4 is 4.74 Å². The molecule has 2 aromatic rings. The molecule has 2 aromatic carbocycles. The van der Waals surface area contributed by atoms with Gasteiger partial charge in [-0.25, -0.2) is 0 Å². The summed E-state index contributed by atoms with van der Waals surface area (Å²) in [6, 6.07) is 17.8. The molecule has 1 N–H and O–H groups in total. The second kappa shape index (κ2) is 9.67. The van der Waals surface area contributed by atoms with Gasteiger partial charge in [0.2, 0.25) is 0 Å². The Morgan fingerprint density at radius 2 is 1.78 bits per heavy atom. The van der Waals surface area contributed by atoms with E-state index in [1.165, 1.54) is 5.56 Å². The topological polar surface area (TPSA) is 49.8 Å². The number of hydrogen-bond acceptors (Lipinski definition) is 4. The van der Waals surface area contributed by atoms with Crippen LogP contribution in [-0.4, -0.2) is 49.1 Å². The lowest BCUT2D eigenvalue weighted by Crippen LogP contribution is -2.28. The number of carbonyl (C=O) groups excluding carboxylic acids is 1. The van der Waals surface area contributed by atoms with E-state index in [4.69, 9.17) is 4.74 Å². The van der Waals surface area contributed by atoms with Crippen LogP contribution in [0.4, 0.5) is 0 Å². The van der Waals surface area contributed by atoms with Gasteiger partial charge in [-0.1, -0.05) is 30.3 Å². The molecule has 1 fully saturated rings. The maximum absolute atomic E-state index is 12.6. The first-order valence-electron chi connectivity index (χ1n) is 9.74. The SMILES string of the molecule is COc1ccc(C(=O)CN2C[C@@H](CCCc3ccccc3)[C@@H](CO)C2)cc1. The van der Waals surface area contributed by atoms with E-state index in [1.807, 2.05) is 30.3 Å².